The first-order valence-corrected chi connectivity index (χ1v) is 11.0. The number of benzene rings is 2. The van der Waals surface area contributed by atoms with E-state index in [1.807, 2.05) is 47.8 Å². The molecule has 0 spiro atoms. The molecule has 4 rings (SSSR count). The van der Waals surface area contributed by atoms with Crippen molar-refractivity contribution in [2.75, 3.05) is 10.7 Å². The number of hydrogen-bond acceptors (Lipinski definition) is 4. The SMILES string of the molecule is O=C(NCc1cccs1)c1ccc2c(c1)N(Cc1ccccc1)C(=O)C[S@@]2=O. The van der Waals surface area contributed by atoms with Crippen LogP contribution in [0.2, 0.25) is 0 Å². The lowest BCUT2D eigenvalue weighted by molar-refractivity contribution is -0.116. The third-order valence-corrected chi connectivity index (χ3v) is 6.72. The topological polar surface area (TPSA) is 66.5 Å². The highest BCUT2D eigenvalue weighted by Crippen LogP contribution is 2.31. The lowest BCUT2D eigenvalue weighted by Gasteiger charge is -2.29. The zero-order valence-corrected chi connectivity index (χ0v) is 16.6. The van der Waals surface area contributed by atoms with Crippen LogP contribution in [-0.4, -0.2) is 21.8 Å². The lowest BCUT2D eigenvalue weighted by Crippen LogP contribution is -2.38. The molecule has 142 valence electrons. The van der Waals surface area contributed by atoms with Crippen LogP contribution in [0.5, 0.6) is 0 Å². The second-order valence-electron chi connectivity index (χ2n) is 6.40. The number of fused-ring (bicyclic) bond motifs is 1. The Morgan fingerprint density at radius 2 is 1.93 bits per heavy atom. The minimum Gasteiger partial charge on any atom is -0.347 e. The number of rotatable bonds is 5. The van der Waals surface area contributed by atoms with E-state index in [4.69, 9.17) is 0 Å². The molecule has 28 heavy (non-hydrogen) atoms. The van der Waals surface area contributed by atoms with E-state index in [9.17, 15) is 13.8 Å². The summed E-state index contributed by atoms with van der Waals surface area (Å²) in [6.07, 6.45) is 0. The number of thiophene rings is 1. The summed E-state index contributed by atoms with van der Waals surface area (Å²) >= 11 is 1.58. The molecule has 1 aliphatic heterocycles. The van der Waals surface area contributed by atoms with Gasteiger partial charge in [-0.05, 0) is 35.2 Å². The molecular formula is C21H18N2O3S2. The molecule has 1 N–H and O–H groups in total. The Morgan fingerprint density at radius 3 is 2.68 bits per heavy atom. The maximum atomic E-state index is 12.6. The number of carbonyl (C=O) groups excluding carboxylic acids is 2. The highest BCUT2D eigenvalue weighted by Gasteiger charge is 2.30. The van der Waals surface area contributed by atoms with Crippen molar-refractivity contribution in [3.8, 4) is 0 Å². The van der Waals surface area contributed by atoms with Crippen LogP contribution in [0.3, 0.4) is 0 Å². The summed E-state index contributed by atoms with van der Waals surface area (Å²) in [4.78, 5) is 28.4. The molecule has 1 atom stereocenters. The maximum absolute atomic E-state index is 12.6. The molecule has 5 nitrogen and oxygen atoms in total. The van der Waals surface area contributed by atoms with Crippen LogP contribution in [0, 0.1) is 0 Å². The molecule has 0 radical (unpaired) electrons. The fourth-order valence-electron chi connectivity index (χ4n) is 3.09. The third kappa shape index (κ3) is 3.90. The summed E-state index contributed by atoms with van der Waals surface area (Å²) < 4.78 is 12.4. The van der Waals surface area contributed by atoms with Gasteiger partial charge in [0.2, 0.25) is 5.91 Å². The third-order valence-electron chi connectivity index (χ3n) is 4.50. The largest absolute Gasteiger partial charge is 0.347 e. The highest BCUT2D eigenvalue weighted by atomic mass is 32.2. The molecule has 7 heteroatoms. The van der Waals surface area contributed by atoms with Crippen LogP contribution in [0.25, 0.3) is 0 Å². The van der Waals surface area contributed by atoms with Crippen LogP contribution >= 0.6 is 11.3 Å². The average molecular weight is 411 g/mol. The molecule has 1 aromatic heterocycles. The van der Waals surface area contributed by atoms with Gasteiger partial charge in [-0.25, -0.2) is 0 Å². The number of hydrogen-bond donors (Lipinski definition) is 1. The second-order valence-corrected chi connectivity index (χ2v) is 8.85. The van der Waals surface area contributed by atoms with Crippen LogP contribution in [-0.2, 0) is 28.7 Å². The first kappa shape index (κ1) is 18.6. The van der Waals surface area contributed by atoms with E-state index >= 15 is 0 Å². The van der Waals surface area contributed by atoms with Gasteiger partial charge in [-0.15, -0.1) is 11.3 Å². The highest BCUT2D eigenvalue weighted by molar-refractivity contribution is 7.86. The average Bonchev–Trinajstić information content (AvgIpc) is 3.23. The van der Waals surface area contributed by atoms with Crippen molar-refractivity contribution in [2.45, 2.75) is 18.0 Å². The predicted octanol–water partition coefficient (Wildman–Crippen LogP) is 3.33. The van der Waals surface area contributed by atoms with Gasteiger partial charge in [0, 0.05) is 10.4 Å². The van der Waals surface area contributed by atoms with Crippen LogP contribution in [0.4, 0.5) is 5.69 Å². The summed E-state index contributed by atoms with van der Waals surface area (Å²) in [5.41, 5.74) is 1.96. The summed E-state index contributed by atoms with van der Waals surface area (Å²) in [5, 5.41) is 4.85. The molecule has 0 saturated heterocycles. The van der Waals surface area contributed by atoms with Gasteiger partial charge >= 0.3 is 0 Å². The van der Waals surface area contributed by atoms with Crippen LogP contribution in [0.1, 0.15) is 20.8 Å². The number of anilines is 1. The quantitative estimate of drug-likeness (QED) is 0.702. The Labute approximate surface area is 169 Å². The van der Waals surface area contributed by atoms with Crippen molar-refractivity contribution in [3.63, 3.8) is 0 Å². The van der Waals surface area contributed by atoms with Gasteiger partial charge in [0.1, 0.15) is 5.75 Å². The fourth-order valence-corrected chi connectivity index (χ4v) is 4.89. The summed E-state index contributed by atoms with van der Waals surface area (Å²) in [7, 11) is -1.39. The normalized spacial score (nSPS) is 15.9. The van der Waals surface area contributed by atoms with Gasteiger partial charge in [0.05, 0.1) is 34.5 Å². The van der Waals surface area contributed by atoms with E-state index in [0.29, 0.717) is 29.2 Å². The van der Waals surface area contributed by atoms with Crippen molar-refractivity contribution in [1.82, 2.24) is 5.32 Å². The Balaban J connectivity index is 1.61. The zero-order chi connectivity index (χ0) is 19.5. The monoisotopic (exact) mass is 410 g/mol. The smallest absolute Gasteiger partial charge is 0.251 e. The molecule has 0 saturated carbocycles. The molecular weight excluding hydrogens is 392 g/mol. The van der Waals surface area contributed by atoms with E-state index in [1.54, 1.807) is 34.4 Å². The Bertz CT molecular complexity index is 1030. The Hall–Kier alpha value is -2.77. The van der Waals surface area contributed by atoms with Crippen molar-refractivity contribution in [1.29, 1.82) is 0 Å². The van der Waals surface area contributed by atoms with E-state index < -0.39 is 10.8 Å². The number of nitrogens with one attached hydrogen (secondary N) is 1. The first-order chi connectivity index (χ1) is 13.6. The molecule has 1 aliphatic rings. The Kier molecular flexibility index (Phi) is 5.36. The molecule has 2 aromatic carbocycles. The second kappa shape index (κ2) is 8.08. The van der Waals surface area contributed by atoms with Gasteiger partial charge in [-0.2, -0.15) is 0 Å². The summed E-state index contributed by atoms with van der Waals surface area (Å²) in [6.45, 7) is 0.830. The molecule has 0 fully saturated rings. The number of amides is 2. The standard InChI is InChI=1S/C21H18N2O3S2/c24-20-14-28(26)19-9-8-16(21(25)22-12-17-7-4-10-27-17)11-18(19)23(20)13-15-5-2-1-3-6-15/h1-11H,12-14H2,(H,22,25)/t28-/m0/s1. The summed E-state index contributed by atoms with van der Waals surface area (Å²) in [6, 6.07) is 18.5. The molecule has 2 amide bonds. The van der Waals surface area contributed by atoms with E-state index in [1.165, 1.54) is 0 Å². The first-order valence-electron chi connectivity index (χ1n) is 8.79. The molecule has 0 bridgehead atoms. The molecule has 3 aromatic rings. The van der Waals surface area contributed by atoms with Gasteiger partial charge in [0.25, 0.3) is 5.91 Å². The predicted molar refractivity (Wildman–Crippen MR) is 111 cm³/mol. The minimum absolute atomic E-state index is 0.0379. The van der Waals surface area contributed by atoms with Gasteiger partial charge in [-0.1, -0.05) is 36.4 Å². The van der Waals surface area contributed by atoms with Gasteiger partial charge in [0.15, 0.2) is 0 Å². The fraction of sp³-hybridized carbons (Fsp3) is 0.143. The van der Waals surface area contributed by atoms with Gasteiger partial charge < -0.3 is 10.2 Å². The zero-order valence-electron chi connectivity index (χ0n) is 15.0. The maximum Gasteiger partial charge on any atom is 0.251 e. The van der Waals surface area contributed by atoms with E-state index in [2.05, 4.69) is 5.32 Å². The number of carbonyl (C=O) groups is 2. The van der Waals surface area contributed by atoms with Crippen molar-refractivity contribution < 1.29 is 13.8 Å². The summed E-state index contributed by atoms with van der Waals surface area (Å²) in [5.74, 6) is -0.463. The lowest BCUT2D eigenvalue weighted by atomic mass is 10.1. The van der Waals surface area contributed by atoms with Crippen molar-refractivity contribution in [2.24, 2.45) is 0 Å². The van der Waals surface area contributed by atoms with Crippen molar-refractivity contribution >= 4 is 39.6 Å². The molecule has 0 unspecified atom stereocenters. The minimum atomic E-state index is -1.39. The van der Waals surface area contributed by atoms with Crippen molar-refractivity contribution in [3.05, 3.63) is 82.0 Å². The van der Waals surface area contributed by atoms with E-state index in [-0.39, 0.29) is 17.6 Å². The van der Waals surface area contributed by atoms with Gasteiger partial charge in [-0.3, -0.25) is 13.8 Å². The molecule has 2 heterocycles. The van der Waals surface area contributed by atoms with E-state index in [0.717, 1.165) is 10.4 Å². The van der Waals surface area contributed by atoms with Crippen LogP contribution < -0.4 is 10.2 Å². The molecule has 0 aliphatic carbocycles. The van der Waals surface area contributed by atoms with Crippen LogP contribution in [0.15, 0.2) is 70.9 Å². The number of nitrogens with zero attached hydrogens (tertiary/aromatic N) is 1. The Morgan fingerprint density at radius 1 is 1.11 bits per heavy atom.